The highest BCUT2D eigenvalue weighted by Crippen LogP contribution is 2.80. The first-order chi connectivity index (χ1) is 11.6. The van der Waals surface area contributed by atoms with Crippen molar-refractivity contribution in [1.29, 1.82) is 0 Å². The van der Waals surface area contributed by atoms with Crippen molar-refractivity contribution in [1.82, 2.24) is 0 Å². The molecular weight excluding hydrogens is 366 g/mol. The van der Waals surface area contributed by atoms with Gasteiger partial charge >= 0.3 is 18.3 Å². The smallest absolute Gasteiger partial charge is 0.395 e. The van der Waals surface area contributed by atoms with Gasteiger partial charge in [0.2, 0.25) is 0 Å². The van der Waals surface area contributed by atoms with Gasteiger partial charge < -0.3 is 4.74 Å². The van der Waals surface area contributed by atoms with Gasteiger partial charge in [0.15, 0.2) is 5.78 Å². The molecule has 0 aromatic heterocycles. The first-order valence-corrected chi connectivity index (χ1v) is 7.82. The van der Waals surface area contributed by atoms with Gasteiger partial charge in [-0.15, -0.1) is 6.58 Å². The number of Topliss-reactive ketones (excluding diaryl/α,β-unsaturated/α-hetero) is 1. The third kappa shape index (κ3) is 2.58. The molecule has 146 valence electrons. The minimum atomic E-state index is -5.24. The SMILES string of the molecule is C=CCC1=C(C)C(OC(=O)C2C(C)(C(F)(F)F)C2(C)C(F)(F)F)CC1=O. The number of hydrogen-bond donors (Lipinski definition) is 0. The molecule has 0 spiro atoms. The van der Waals surface area contributed by atoms with Crippen LogP contribution < -0.4 is 0 Å². The number of ether oxygens (including phenoxy) is 1. The summed E-state index contributed by atoms with van der Waals surface area (Å²) in [6, 6.07) is 0. The molecule has 2 aliphatic carbocycles. The lowest BCUT2D eigenvalue weighted by Gasteiger charge is -2.23. The van der Waals surface area contributed by atoms with E-state index < -0.39 is 41.2 Å². The highest BCUT2D eigenvalue weighted by Gasteiger charge is 2.93. The summed E-state index contributed by atoms with van der Waals surface area (Å²) in [4.78, 5) is 24.1. The predicted molar refractivity (Wildman–Crippen MR) is 78.8 cm³/mol. The van der Waals surface area contributed by atoms with Gasteiger partial charge in [-0.05, 0) is 32.8 Å². The Hall–Kier alpha value is -1.80. The maximum absolute atomic E-state index is 13.3. The molecular formula is C17H18F6O3. The Morgan fingerprint density at radius 1 is 1.19 bits per heavy atom. The second kappa shape index (κ2) is 5.85. The van der Waals surface area contributed by atoms with Gasteiger partial charge in [-0.2, -0.15) is 26.3 Å². The molecule has 3 unspecified atom stereocenters. The molecule has 3 atom stereocenters. The van der Waals surface area contributed by atoms with Gasteiger partial charge in [0.25, 0.3) is 0 Å². The predicted octanol–water partition coefficient (Wildman–Crippen LogP) is 4.53. The summed E-state index contributed by atoms with van der Waals surface area (Å²) in [7, 11) is 0. The van der Waals surface area contributed by atoms with Crippen molar-refractivity contribution >= 4 is 11.8 Å². The second-order valence-corrected chi connectivity index (χ2v) is 7.04. The summed E-state index contributed by atoms with van der Waals surface area (Å²) >= 11 is 0. The van der Waals surface area contributed by atoms with E-state index >= 15 is 0 Å². The van der Waals surface area contributed by atoms with Crippen LogP contribution in [0.4, 0.5) is 26.3 Å². The Morgan fingerprint density at radius 2 is 1.65 bits per heavy atom. The Labute approximate surface area is 146 Å². The Kier molecular flexibility index (Phi) is 4.62. The van der Waals surface area contributed by atoms with Crippen molar-refractivity contribution in [2.75, 3.05) is 0 Å². The summed E-state index contributed by atoms with van der Waals surface area (Å²) in [5, 5.41) is 0. The zero-order valence-corrected chi connectivity index (χ0v) is 14.3. The fraction of sp³-hybridized carbons (Fsp3) is 0.647. The van der Waals surface area contributed by atoms with E-state index in [-0.39, 0.29) is 18.6 Å². The standard InChI is InChI=1S/C17H18F6O3/c1-5-6-9-8(2)11(7-10(9)24)26-13(25)12-14(3,16(18,19)20)15(12,4)17(21,22)23/h5,11-12H,1,6-7H2,2-4H3. The fourth-order valence-electron chi connectivity index (χ4n) is 3.80. The van der Waals surface area contributed by atoms with Gasteiger partial charge in [0, 0.05) is 5.57 Å². The van der Waals surface area contributed by atoms with Gasteiger partial charge in [-0.25, -0.2) is 0 Å². The van der Waals surface area contributed by atoms with E-state index in [9.17, 15) is 35.9 Å². The number of rotatable bonds is 4. The molecule has 0 amide bonds. The van der Waals surface area contributed by atoms with Gasteiger partial charge in [0.05, 0.1) is 23.2 Å². The average Bonchev–Trinajstić information content (AvgIpc) is 2.92. The summed E-state index contributed by atoms with van der Waals surface area (Å²) < 4.78 is 84.7. The van der Waals surface area contributed by atoms with E-state index in [0.717, 1.165) is 0 Å². The lowest BCUT2D eigenvalue weighted by molar-refractivity contribution is -0.245. The molecule has 0 bridgehead atoms. The Bertz CT molecular complexity index is 664. The second-order valence-electron chi connectivity index (χ2n) is 7.04. The number of ketones is 1. The molecule has 1 fully saturated rings. The highest BCUT2D eigenvalue weighted by molar-refractivity contribution is 6.00. The largest absolute Gasteiger partial charge is 0.457 e. The summed E-state index contributed by atoms with van der Waals surface area (Å²) in [5.41, 5.74) is -5.92. The third-order valence-corrected chi connectivity index (χ3v) is 5.84. The Balaban J connectivity index is 2.30. The van der Waals surface area contributed by atoms with Gasteiger partial charge in [-0.3, -0.25) is 9.59 Å². The molecule has 0 aromatic rings. The topological polar surface area (TPSA) is 43.4 Å². The van der Waals surface area contributed by atoms with Crippen LogP contribution in [0.3, 0.4) is 0 Å². The van der Waals surface area contributed by atoms with Crippen molar-refractivity contribution in [3.8, 4) is 0 Å². The van der Waals surface area contributed by atoms with Crippen molar-refractivity contribution in [2.45, 2.75) is 52.1 Å². The van der Waals surface area contributed by atoms with Crippen molar-refractivity contribution in [3.05, 3.63) is 23.8 Å². The number of carbonyl (C=O) groups excluding carboxylic acids is 2. The zero-order chi connectivity index (χ0) is 20.3. The minimum absolute atomic E-state index is 0.183. The van der Waals surface area contributed by atoms with Gasteiger partial charge in [-0.1, -0.05) is 6.08 Å². The van der Waals surface area contributed by atoms with Crippen molar-refractivity contribution in [2.24, 2.45) is 16.7 Å². The maximum atomic E-state index is 13.3. The van der Waals surface area contributed by atoms with Crippen LogP contribution in [0.15, 0.2) is 23.8 Å². The first-order valence-electron chi connectivity index (χ1n) is 7.82. The first kappa shape index (κ1) is 20.5. The van der Waals surface area contributed by atoms with Crippen LogP contribution in [-0.2, 0) is 14.3 Å². The number of esters is 1. The molecule has 0 saturated heterocycles. The number of allylic oxidation sites excluding steroid dienone is 2. The van der Waals surface area contributed by atoms with Crippen LogP contribution in [-0.4, -0.2) is 30.2 Å². The molecule has 1 saturated carbocycles. The monoisotopic (exact) mass is 384 g/mol. The number of carbonyl (C=O) groups is 2. The average molecular weight is 384 g/mol. The lowest BCUT2D eigenvalue weighted by Crippen LogP contribution is -2.35. The van der Waals surface area contributed by atoms with Crippen LogP contribution in [0.2, 0.25) is 0 Å². The summed E-state index contributed by atoms with van der Waals surface area (Å²) in [5.74, 6) is -4.38. The van der Waals surface area contributed by atoms with Crippen LogP contribution in [0.1, 0.15) is 33.6 Å². The van der Waals surface area contributed by atoms with E-state index in [1.807, 2.05) is 0 Å². The third-order valence-electron chi connectivity index (χ3n) is 5.84. The molecule has 26 heavy (non-hydrogen) atoms. The molecule has 0 N–H and O–H groups in total. The fourth-order valence-corrected chi connectivity index (χ4v) is 3.80. The number of halogens is 6. The molecule has 2 aliphatic rings. The van der Waals surface area contributed by atoms with E-state index in [0.29, 0.717) is 25.0 Å². The molecule has 2 rings (SSSR count). The minimum Gasteiger partial charge on any atom is -0.457 e. The Morgan fingerprint density at radius 3 is 2.04 bits per heavy atom. The normalized spacial score (nSPS) is 34.9. The van der Waals surface area contributed by atoms with Crippen LogP contribution in [0.5, 0.6) is 0 Å². The van der Waals surface area contributed by atoms with E-state index in [4.69, 9.17) is 4.74 Å². The number of alkyl halides is 6. The molecule has 3 nitrogen and oxygen atoms in total. The maximum Gasteiger partial charge on any atom is 0.395 e. The molecule has 0 aliphatic heterocycles. The van der Waals surface area contributed by atoms with Crippen molar-refractivity contribution < 1.29 is 40.7 Å². The molecule has 0 heterocycles. The molecule has 0 radical (unpaired) electrons. The van der Waals surface area contributed by atoms with Crippen LogP contribution in [0, 0.1) is 16.7 Å². The van der Waals surface area contributed by atoms with E-state index in [2.05, 4.69) is 6.58 Å². The zero-order valence-electron chi connectivity index (χ0n) is 14.3. The number of hydrogen-bond acceptors (Lipinski definition) is 3. The summed E-state index contributed by atoms with van der Waals surface area (Å²) in [6.07, 6.45) is -10.3. The lowest BCUT2D eigenvalue weighted by atomic mass is 9.95. The molecule has 9 heteroatoms. The summed E-state index contributed by atoms with van der Waals surface area (Å²) in [6.45, 7) is 5.67. The van der Waals surface area contributed by atoms with Crippen LogP contribution in [0.25, 0.3) is 0 Å². The van der Waals surface area contributed by atoms with E-state index in [1.165, 1.54) is 13.0 Å². The van der Waals surface area contributed by atoms with Crippen molar-refractivity contribution in [3.63, 3.8) is 0 Å². The van der Waals surface area contributed by atoms with Crippen LogP contribution >= 0.6 is 0 Å². The van der Waals surface area contributed by atoms with Gasteiger partial charge in [0.1, 0.15) is 6.10 Å². The quantitative estimate of drug-likeness (QED) is 0.406. The molecule has 0 aromatic carbocycles. The highest BCUT2D eigenvalue weighted by atomic mass is 19.4. The van der Waals surface area contributed by atoms with E-state index in [1.54, 1.807) is 0 Å².